The van der Waals surface area contributed by atoms with Crippen LogP contribution in [0.2, 0.25) is 0 Å². The number of nitrogens with zero attached hydrogens (tertiary/aromatic N) is 1. The van der Waals surface area contributed by atoms with Crippen LogP contribution in [0.15, 0.2) is 18.3 Å². The summed E-state index contributed by atoms with van der Waals surface area (Å²) < 4.78 is 2.09. The Hall–Kier alpha value is -1.33. The number of aromatic nitrogens is 1. The first-order chi connectivity index (χ1) is 9.53. The van der Waals surface area contributed by atoms with Crippen molar-refractivity contribution in [1.29, 1.82) is 0 Å². The molecule has 5 heteroatoms. The second-order valence-electron chi connectivity index (χ2n) is 6.29. The third-order valence-corrected chi connectivity index (χ3v) is 3.87. The fourth-order valence-corrected chi connectivity index (χ4v) is 2.46. The minimum atomic E-state index is -0.290. The molecule has 0 radical (unpaired) electrons. The Morgan fingerprint density at radius 2 is 2.20 bits per heavy atom. The second kappa shape index (κ2) is 6.41. The molecule has 0 atom stereocenters. The average molecular weight is 279 g/mol. The molecule has 0 saturated carbocycles. The van der Waals surface area contributed by atoms with Gasteiger partial charge in [0.2, 0.25) is 0 Å². The molecule has 2 heterocycles. The molecule has 5 nitrogen and oxygen atoms in total. The first-order valence-electron chi connectivity index (χ1n) is 7.30. The Bertz CT molecular complexity index is 448. The van der Waals surface area contributed by atoms with Crippen LogP contribution in [-0.2, 0) is 0 Å². The molecule has 1 aliphatic heterocycles. The molecule has 1 saturated heterocycles. The fourth-order valence-electron chi connectivity index (χ4n) is 2.46. The average Bonchev–Trinajstić information content (AvgIpc) is 2.95. The van der Waals surface area contributed by atoms with Crippen LogP contribution < -0.4 is 10.6 Å². The zero-order chi connectivity index (χ0) is 14.6. The van der Waals surface area contributed by atoms with Crippen molar-refractivity contribution < 1.29 is 9.90 Å². The molecule has 1 aliphatic rings. The molecule has 1 amide bonds. The molecule has 0 spiro atoms. The van der Waals surface area contributed by atoms with E-state index in [0.717, 1.165) is 25.9 Å². The van der Waals surface area contributed by atoms with Gasteiger partial charge in [0.1, 0.15) is 5.69 Å². The number of carbonyl (C=O) groups excluding carboxylic acids is 1. The van der Waals surface area contributed by atoms with Gasteiger partial charge in [-0.05, 0) is 38.1 Å². The van der Waals surface area contributed by atoms with Crippen molar-refractivity contribution in [3.63, 3.8) is 0 Å². The first kappa shape index (κ1) is 15.1. The summed E-state index contributed by atoms with van der Waals surface area (Å²) in [5, 5.41) is 15.5. The Balaban J connectivity index is 2.01. The van der Waals surface area contributed by atoms with Gasteiger partial charge in [-0.3, -0.25) is 4.79 Å². The number of nitrogens with one attached hydrogen (secondary N) is 2. The van der Waals surface area contributed by atoms with E-state index in [-0.39, 0.29) is 17.9 Å². The number of rotatable bonds is 5. The summed E-state index contributed by atoms with van der Waals surface area (Å²) in [5.74, 6) is -0.0601. The molecule has 112 valence electrons. The van der Waals surface area contributed by atoms with Crippen LogP contribution in [0.5, 0.6) is 0 Å². The van der Waals surface area contributed by atoms with E-state index in [2.05, 4.69) is 15.2 Å². The lowest BCUT2D eigenvalue weighted by atomic mass is 9.95. The normalized spacial score (nSPS) is 17.1. The molecule has 1 aromatic heterocycles. The zero-order valence-corrected chi connectivity index (χ0v) is 12.4. The van der Waals surface area contributed by atoms with Crippen molar-refractivity contribution >= 4 is 5.91 Å². The summed E-state index contributed by atoms with van der Waals surface area (Å²) in [6, 6.07) is 4.19. The number of piperidine rings is 1. The maximum atomic E-state index is 12.3. The number of carbonyl (C=O) groups is 1. The van der Waals surface area contributed by atoms with E-state index in [4.69, 9.17) is 0 Å². The summed E-state index contributed by atoms with van der Waals surface area (Å²) in [6.07, 6.45) is 4.09. The predicted octanol–water partition coefficient (Wildman–Crippen LogP) is 1.16. The van der Waals surface area contributed by atoms with Crippen LogP contribution in [0.3, 0.4) is 0 Å². The van der Waals surface area contributed by atoms with Crippen molar-refractivity contribution in [1.82, 2.24) is 15.2 Å². The Kier molecular flexibility index (Phi) is 4.83. The largest absolute Gasteiger partial charge is 0.396 e. The quantitative estimate of drug-likeness (QED) is 0.758. The standard InChI is InChI=1S/C15H25N3O2/c1-15(2,11-19)10-17-14(20)13-4-3-9-18(13)12-5-7-16-8-6-12/h3-4,9,12,16,19H,5-8,10-11H2,1-2H3,(H,17,20). The highest BCUT2D eigenvalue weighted by Crippen LogP contribution is 2.21. The Labute approximate surface area is 120 Å². The summed E-state index contributed by atoms with van der Waals surface area (Å²) in [6.45, 7) is 6.39. The summed E-state index contributed by atoms with van der Waals surface area (Å²) in [7, 11) is 0. The van der Waals surface area contributed by atoms with Gasteiger partial charge in [0.05, 0.1) is 0 Å². The van der Waals surface area contributed by atoms with Gasteiger partial charge >= 0.3 is 0 Å². The number of aliphatic hydroxyl groups is 1. The van der Waals surface area contributed by atoms with E-state index in [1.807, 2.05) is 32.2 Å². The lowest BCUT2D eigenvalue weighted by molar-refractivity contribution is 0.0898. The number of aliphatic hydroxyl groups excluding tert-OH is 1. The van der Waals surface area contributed by atoms with E-state index in [1.54, 1.807) is 0 Å². The van der Waals surface area contributed by atoms with E-state index in [0.29, 0.717) is 18.3 Å². The van der Waals surface area contributed by atoms with Crippen LogP contribution in [0.25, 0.3) is 0 Å². The molecule has 3 N–H and O–H groups in total. The van der Waals surface area contributed by atoms with Crippen LogP contribution >= 0.6 is 0 Å². The third kappa shape index (κ3) is 3.61. The van der Waals surface area contributed by atoms with Crippen molar-refractivity contribution in [2.24, 2.45) is 5.41 Å². The van der Waals surface area contributed by atoms with Crippen LogP contribution in [-0.4, -0.2) is 41.8 Å². The van der Waals surface area contributed by atoms with Crippen LogP contribution in [0.4, 0.5) is 0 Å². The SMILES string of the molecule is CC(C)(CO)CNC(=O)c1cccn1C1CCNCC1. The van der Waals surface area contributed by atoms with Crippen LogP contribution in [0.1, 0.15) is 43.2 Å². The lowest BCUT2D eigenvalue weighted by Gasteiger charge is -2.26. The smallest absolute Gasteiger partial charge is 0.267 e. The highest BCUT2D eigenvalue weighted by molar-refractivity contribution is 5.92. The lowest BCUT2D eigenvalue weighted by Crippen LogP contribution is -2.37. The highest BCUT2D eigenvalue weighted by atomic mass is 16.3. The summed E-state index contributed by atoms with van der Waals surface area (Å²) >= 11 is 0. The molecule has 0 aromatic carbocycles. The maximum absolute atomic E-state index is 12.3. The first-order valence-corrected chi connectivity index (χ1v) is 7.30. The molecule has 0 unspecified atom stereocenters. The Morgan fingerprint density at radius 1 is 1.50 bits per heavy atom. The third-order valence-electron chi connectivity index (χ3n) is 3.87. The number of hydrogen-bond donors (Lipinski definition) is 3. The van der Waals surface area contributed by atoms with Gasteiger partial charge in [-0.15, -0.1) is 0 Å². The number of amides is 1. The molecule has 0 bridgehead atoms. The van der Waals surface area contributed by atoms with E-state index in [1.165, 1.54) is 0 Å². The predicted molar refractivity (Wildman–Crippen MR) is 78.8 cm³/mol. The highest BCUT2D eigenvalue weighted by Gasteiger charge is 2.22. The summed E-state index contributed by atoms with van der Waals surface area (Å²) in [5.41, 5.74) is 0.424. The molecule has 20 heavy (non-hydrogen) atoms. The number of hydrogen-bond acceptors (Lipinski definition) is 3. The van der Waals surface area contributed by atoms with Gasteiger partial charge < -0.3 is 20.3 Å². The fraction of sp³-hybridized carbons (Fsp3) is 0.667. The topological polar surface area (TPSA) is 66.3 Å². The molecule has 1 aromatic rings. The van der Waals surface area contributed by atoms with E-state index >= 15 is 0 Å². The molecule has 1 fully saturated rings. The molecular weight excluding hydrogens is 254 g/mol. The van der Waals surface area contributed by atoms with E-state index in [9.17, 15) is 9.90 Å². The van der Waals surface area contributed by atoms with Gasteiger partial charge in [0.15, 0.2) is 0 Å². The molecular formula is C15H25N3O2. The van der Waals surface area contributed by atoms with Crippen molar-refractivity contribution in [2.45, 2.75) is 32.7 Å². The molecule has 2 rings (SSSR count). The van der Waals surface area contributed by atoms with Crippen molar-refractivity contribution in [3.05, 3.63) is 24.0 Å². The Morgan fingerprint density at radius 3 is 2.85 bits per heavy atom. The summed E-state index contributed by atoms with van der Waals surface area (Å²) in [4.78, 5) is 12.3. The van der Waals surface area contributed by atoms with Gasteiger partial charge in [-0.25, -0.2) is 0 Å². The zero-order valence-electron chi connectivity index (χ0n) is 12.4. The van der Waals surface area contributed by atoms with Crippen molar-refractivity contribution in [3.8, 4) is 0 Å². The molecule has 0 aliphatic carbocycles. The monoisotopic (exact) mass is 279 g/mol. The van der Waals surface area contributed by atoms with Gasteiger partial charge in [0, 0.05) is 30.8 Å². The second-order valence-corrected chi connectivity index (χ2v) is 6.29. The van der Waals surface area contributed by atoms with Gasteiger partial charge in [-0.2, -0.15) is 0 Å². The van der Waals surface area contributed by atoms with Gasteiger partial charge in [0.25, 0.3) is 5.91 Å². The maximum Gasteiger partial charge on any atom is 0.267 e. The van der Waals surface area contributed by atoms with Crippen molar-refractivity contribution in [2.75, 3.05) is 26.2 Å². The van der Waals surface area contributed by atoms with E-state index < -0.39 is 0 Å². The minimum Gasteiger partial charge on any atom is -0.396 e. The van der Waals surface area contributed by atoms with Crippen LogP contribution in [0, 0.1) is 5.41 Å². The minimum absolute atomic E-state index is 0.0581. The van der Waals surface area contributed by atoms with Gasteiger partial charge in [-0.1, -0.05) is 13.8 Å².